The molecule has 0 heterocycles. The molecule has 0 amide bonds. The van der Waals surface area contributed by atoms with Gasteiger partial charge in [-0.1, -0.05) is 129 Å². The zero-order chi connectivity index (χ0) is 32.9. The van der Waals surface area contributed by atoms with Crippen molar-refractivity contribution in [3.63, 3.8) is 0 Å². The van der Waals surface area contributed by atoms with Crippen molar-refractivity contribution in [3.05, 3.63) is 0 Å². The summed E-state index contributed by atoms with van der Waals surface area (Å²) >= 11 is 0. The van der Waals surface area contributed by atoms with Gasteiger partial charge in [-0.15, -0.1) is 0 Å². The lowest BCUT2D eigenvalue weighted by molar-refractivity contribution is -0.870. The lowest BCUT2D eigenvalue weighted by Crippen LogP contribution is -2.37. The summed E-state index contributed by atoms with van der Waals surface area (Å²) < 4.78 is 33.5. The Bertz CT molecular complexity index is 743. The van der Waals surface area contributed by atoms with E-state index in [1.165, 1.54) is 77.0 Å². The van der Waals surface area contributed by atoms with E-state index in [0.29, 0.717) is 17.4 Å². The fourth-order valence-corrected chi connectivity index (χ4v) is 5.50. The average molecular weight is 650 g/mol. The number of ether oxygens (including phenoxy) is 2. The van der Waals surface area contributed by atoms with Crippen LogP contribution in [0.4, 0.5) is 0 Å². The maximum atomic E-state index is 12.4. The van der Waals surface area contributed by atoms with E-state index in [1.807, 2.05) is 21.1 Å². The van der Waals surface area contributed by atoms with Gasteiger partial charge in [0.2, 0.25) is 0 Å². The number of likely N-dealkylation sites (N-methyl/N-ethyl adjacent to an activating group) is 1. The summed E-state index contributed by atoms with van der Waals surface area (Å²) in [6.07, 6.45) is 23.0. The minimum atomic E-state index is -4.60. The van der Waals surface area contributed by atoms with Crippen molar-refractivity contribution in [2.75, 3.05) is 47.5 Å². The second kappa shape index (κ2) is 28.3. The first-order valence-electron chi connectivity index (χ1n) is 17.7. The van der Waals surface area contributed by atoms with E-state index in [9.17, 15) is 19.0 Å². The Labute approximate surface area is 270 Å². The first kappa shape index (κ1) is 43.0. The summed E-state index contributed by atoms with van der Waals surface area (Å²) in [6, 6.07) is 0. The van der Waals surface area contributed by atoms with Crippen molar-refractivity contribution in [1.29, 1.82) is 0 Å². The Morgan fingerprint density at radius 1 is 0.614 bits per heavy atom. The SMILES string of the molecule is CCCCCCCCCCCCCCCCC(=O)OC[C@H](COP(=O)([O-])OCC[N+](C)(C)C)OC(=O)CCCCCCCC. The number of hydrogen-bond acceptors (Lipinski definition) is 8. The van der Waals surface area contributed by atoms with E-state index in [1.54, 1.807) is 0 Å². The van der Waals surface area contributed by atoms with Gasteiger partial charge in [-0.2, -0.15) is 0 Å². The van der Waals surface area contributed by atoms with Crippen LogP contribution in [0.15, 0.2) is 0 Å². The highest BCUT2D eigenvalue weighted by atomic mass is 31.2. The van der Waals surface area contributed by atoms with Gasteiger partial charge in [0.05, 0.1) is 27.7 Å². The molecule has 0 spiro atoms. The molecule has 0 saturated heterocycles. The minimum Gasteiger partial charge on any atom is -0.756 e. The molecule has 9 nitrogen and oxygen atoms in total. The van der Waals surface area contributed by atoms with Gasteiger partial charge in [-0.3, -0.25) is 14.2 Å². The largest absolute Gasteiger partial charge is 0.756 e. The third kappa shape index (κ3) is 31.0. The van der Waals surface area contributed by atoms with Crippen LogP contribution < -0.4 is 4.89 Å². The van der Waals surface area contributed by atoms with Crippen LogP contribution >= 0.6 is 7.82 Å². The van der Waals surface area contributed by atoms with Crippen LogP contribution in [-0.2, 0) is 32.7 Å². The molecule has 0 aliphatic rings. The predicted octanol–water partition coefficient (Wildman–Crippen LogP) is 8.27. The van der Waals surface area contributed by atoms with Crippen molar-refractivity contribution >= 4 is 19.8 Å². The maximum Gasteiger partial charge on any atom is 0.306 e. The first-order valence-corrected chi connectivity index (χ1v) is 19.2. The number of carbonyl (C=O) groups excluding carboxylic acids is 2. The minimum absolute atomic E-state index is 0.0268. The highest BCUT2D eigenvalue weighted by Gasteiger charge is 2.21. The number of esters is 2. The average Bonchev–Trinajstić information content (AvgIpc) is 2.95. The summed E-state index contributed by atoms with van der Waals surface area (Å²) in [7, 11) is 1.17. The molecule has 10 heteroatoms. The molecule has 262 valence electrons. The molecular weight excluding hydrogens is 581 g/mol. The molecule has 0 aromatic heterocycles. The van der Waals surface area contributed by atoms with Crippen LogP contribution in [0.5, 0.6) is 0 Å². The Morgan fingerprint density at radius 2 is 1.02 bits per heavy atom. The molecular formula is C34H68NO8P. The van der Waals surface area contributed by atoms with Crippen molar-refractivity contribution in [2.24, 2.45) is 0 Å². The molecule has 1 unspecified atom stereocenters. The Hall–Kier alpha value is -0.990. The van der Waals surface area contributed by atoms with Crippen molar-refractivity contribution in [1.82, 2.24) is 0 Å². The third-order valence-corrected chi connectivity index (χ3v) is 8.59. The van der Waals surface area contributed by atoms with E-state index in [4.69, 9.17) is 18.5 Å². The van der Waals surface area contributed by atoms with E-state index in [-0.39, 0.29) is 32.0 Å². The number of nitrogens with zero attached hydrogens (tertiary/aromatic N) is 1. The van der Waals surface area contributed by atoms with E-state index in [0.717, 1.165) is 44.9 Å². The molecule has 0 saturated carbocycles. The van der Waals surface area contributed by atoms with Crippen LogP contribution in [-0.4, -0.2) is 70.0 Å². The summed E-state index contributed by atoms with van der Waals surface area (Å²) in [5.41, 5.74) is 0. The van der Waals surface area contributed by atoms with Crippen LogP contribution in [0, 0.1) is 0 Å². The molecule has 0 aromatic rings. The fraction of sp³-hybridized carbons (Fsp3) is 0.941. The second-order valence-corrected chi connectivity index (χ2v) is 14.7. The zero-order valence-electron chi connectivity index (χ0n) is 29.1. The molecule has 2 atom stereocenters. The normalized spacial score (nSPS) is 13.9. The monoisotopic (exact) mass is 649 g/mol. The lowest BCUT2D eigenvalue weighted by Gasteiger charge is -2.28. The summed E-state index contributed by atoms with van der Waals surface area (Å²) in [5, 5.41) is 0. The molecule has 0 radical (unpaired) electrons. The molecule has 44 heavy (non-hydrogen) atoms. The number of carbonyl (C=O) groups is 2. The number of rotatable bonds is 32. The summed E-state index contributed by atoms with van der Waals surface area (Å²) in [5.74, 6) is -0.839. The predicted molar refractivity (Wildman–Crippen MR) is 176 cm³/mol. The number of phosphoric acid groups is 1. The quantitative estimate of drug-likeness (QED) is 0.0310. The van der Waals surface area contributed by atoms with E-state index < -0.39 is 26.5 Å². The summed E-state index contributed by atoms with van der Waals surface area (Å²) in [6.45, 7) is 4.14. The number of hydrogen-bond donors (Lipinski definition) is 0. The van der Waals surface area contributed by atoms with E-state index >= 15 is 0 Å². The van der Waals surface area contributed by atoms with Crippen LogP contribution in [0.25, 0.3) is 0 Å². The smallest absolute Gasteiger partial charge is 0.306 e. The van der Waals surface area contributed by atoms with E-state index in [2.05, 4.69) is 13.8 Å². The highest BCUT2D eigenvalue weighted by molar-refractivity contribution is 7.45. The van der Waals surface area contributed by atoms with Crippen molar-refractivity contribution in [2.45, 2.75) is 161 Å². The number of unbranched alkanes of at least 4 members (excludes halogenated alkanes) is 18. The molecule has 0 aliphatic heterocycles. The zero-order valence-corrected chi connectivity index (χ0v) is 30.0. The van der Waals surface area contributed by atoms with Crippen molar-refractivity contribution < 1.29 is 42.1 Å². The van der Waals surface area contributed by atoms with Crippen LogP contribution in [0.2, 0.25) is 0 Å². The van der Waals surface area contributed by atoms with Crippen LogP contribution in [0.1, 0.15) is 155 Å². The molecule has 0 aliphatic carbocycles. The fourth-order valence-electron chi connectivity index (χ4n) is 4.77. The molecule has 0 rings (SSSR count). The molecule has 0 fully saturated rings. The topological polar surface area (TPSA) is 111 Å². The van der Waals surface area contributed by atoms with Gasteiger partial charge in [0.25, 0.3) is 7.82 Å². The molecule has 0 N–H and O–H groups in total. The van der Waals surface area contributed by atoms with Gasteiger partial charge in [-0.05, 0) is 12.8 Å². The number of quaternary nitrogens is 1. The summed E-state index contributed by atoms with van der Waals surface area (Å²) in [4.78, 5) is 37.0. The Morgan fingerprint density at radius 3 is 1.45 bits per heavy atom. The number of phosphoric ester groups is 1. The first-order chi connectivity index (χ1) is 21.0. The molecule has 0 bridgehead atoms. The van der Waals surface area contributed by atoms with Crippen molar-refractivity contribution in [3.8, 4) is 0 Å². The van der Waals surface area contributed by atoms with Gasteiger partial charge in [0.1, 0.15) is 19.8 Å². The van der Waals surface area contributed by atoms with Gasteiger partial charge in [0, 0.05) is 12.8 Å². The lowest BCUT2D eigenvalue weighted by atomic mass is 10.0. The molecule has 0 aromatic carbocycles. The second-order valence-electron chi connectivity index (χ2n) is 13.2. The van der Waals surface area contributed by atoms with Gasteiger partial charge in [-0.25, -0.2) is 0 Å². The van der Waals surface area contributed by atoms with Gasteiger partial charge < -0.3 is 27.9 Å². The highest BCUT2D eigenvalue weighted by Crippen LogP contribution is 2.38. The van der Waals surface area contributed by atoms with Crippen LogP contribution in [0.3, 0.4) is 0 Å². The van der Waals surface area contributed by atoms with Gasteiger partial charge >= 0.3 is 11.9 Å². The Balaban J connectivity index is 4.33. The standard InChI is InChI=1S/C34H68NO8P/c1-6-8-10-12-14-15-16-17-18-19-20-21-23-24-26-33(36)40-30-32(43-34(37)27-25-22-13-11-9-7-2)31-42-44(38,39)41-29-28-35(3,4)5/h32H,6-31H2,1-5H3/t32-/m1/s1. The third-order valence-electron chi connectivity index (χ3n) is 7.63. The van der Waals surface area contributed by atoms with Gasteiger partial charge in [0.15, 0.2) is 6.10 Å². The maximum absolute atomic E-state index is 12.4. The Kier molecular flexibility index (Phi) is 27.6.